The molecular formula is C10H13N3O. The molecule has 0 aliphatic rings. The van der Waals surface area contributed by atoms with Gasteiger partial charge in [0.15, 0.2) is 0 Å². The third-order valence-corrected chi connectivity index (χ3v) is 2.32. The van der Waals surface area contributed by atoms with Gasteiger partial charge in [-0.15, -0.1) is 0 Å². The predicted octanol–water partition coefficient (Wildman–Crippen LogP) is 1.01. The maximum atomic E-state index is 5.01. The highest BCUT2D eigenvalue weighted by Gasteiger charge is 2.06. The van der Waals surface area contributed by atoms with Crippen molar-refractivity contribution >= 4 is 10.9 Å². The molecule has 2 N–H and O–H groups in total. The van der Waals surface area contributed by atoms with Crippen LogP contribution in [-0.2, 0) is 18.3 Å². The summed E-state index contributed by atoms with van der Waals surface area (Å²) in [6, 6.07) is 8.06. The number of fused-ring (bicyclic) bond motifs is 1. The normalized spacial score (nSPS) is 11.0. The number of nitrogens with zero attached hydrogens (tertiary/aromatic N) is 2. The highest BCUT2D eigenvalue weighted by atomic mass is 16.6. The molecule has 4 nitrogen and oxygen atoms in total. The summed E-state index contributed by atoms with van der Waals surface area (Å²) < 4.78 is 1.88. The highest BCUT2D eigenvalue weighted by Crippen LogP contribution is 2.17. The third-order valence-electron chi connectivity index (χ3n) is 2.32. The van der Waals surface area contributed by atoms with Crippen molar-refractivity contribution in [3.8, 4) is 0 Å². The van der Waals surface area contributed by atoms with Gasteiger partial charge < -0.3 is 4.84 Å². The van der Waals surface area contributed by atoms with Gasteiger partial charge in [0.2, 0.25) is 0 Å². The first-order valence-corrected chi connectivity index (χ1v) is 4.55. The molecular weight excluding hydrogens is 178 g/mol. The fourth-order valence-electron chi connectivity index (χ4n) is 1.65. The van der Waals surface area contributed by atoms with E-state index in [4.69, 9.17) is 5.90 Å². The molecule has 1 aromatic carbocycles. The maximum absolute atomic E-state index is 5.01. The molecule has 0 bridgehead atoms. The molecule has 2 aromatic rings. The Labute approximate surface area is 82.2 Å². The van der Waals surface area contributed by atoms with Crippen molar-refractivity contribution in [1.82, 2.24) is 9.78 Å². The Morgan fingerprint density at radius 3 is 3.00 bits per heavy atom. The van der Waals surface area contributed by atoms with E-state index in [1.165, 1.54) is 5.39 Å². The predicted molar refractivity (Wildman–Crippen MR) is 54.6 cm³/mol. The number of hydrogen-bond acceptors (Lipinski definition) is 3. The second kappa shape index (κ2) is 3.77. The first kappa shape index (κ1) is 9.18. The van der Waals surface area contributed by atoms with Crippen molar-refractivity contribution in [3.63, 3.8) is 0 Å². The molecule has 0 fully saturated rings. The van der Waals surface area contributed by atoms with E-state index < -0.39 is 0 Å². The van der Waals surface area contributed by atoms with Gasteiger partial charge in [0.05, 0.1) is 12.1 Å². The lowest BCUT2D eigenvalue weighted by Crippen LogP contribution is -2.07. The van der Waals surface area contributed by atoms with E-state index in [9.17, 15) is 0 Å². The molecule has 0 radical (unpaired) electrons. The molecule has 1 heterocycles. The lowest BCUT2D eigenvalue weighted by Gasteiger charge is -2.00. The lowest BCUT2D eigenvalue weighted by molar-refractivity contribution is 0.140. The van der Waals surface area contributed by atoms with Crippen LogP contribution in [0.5, 0.6) is 0 Å². The van der Waals surface area contributed by atoms with Crippen molar-refractivity contribution in [1.29, 1.82) is 0 Å². The van der Waals surface area contributed by atoms with Crippen LogP contribution in [0.3, 0.4) is 0 Å². The summed E-state index contributed by atoms with van der Waals surface area (Å²) in [6.45, 7) is 0.517. The summed E-state index contributed by atoms with van der Waals surface area (Å²) in [7, 11) is 1.94. The number of aryl methyl sites for hydroxylation is 1. The summed E-state index contributed by atoms with van der Waals surface area (Å²) in [6.07, 6.45) is 0.785. The van der Waals surface area contributed by atoms with Gasteiger partial charge in [0.25, 0.3) is 0 Å². The minimum Gasteiger partial charge on any atom is -0.304 e. The fourth-order valence-corrected chi connectivity index (χ4v) is 1.65. The minimum absolute atomic E-state index is 0.517. The van der Waals surface area contributed by atoms with Gasteiger partial charge in [-0.2, -0.15) is 5.10 Å². The van der Waals surface area contributed by atoms with Gasteiger partial charge in [-0.25, -0.2) is 5.90 Å². The van der Waals surface area contributed by atoms with Crippen LogP contribution in [0, 0.1) is 0 Å². The Kier molecular flexibility index (Phi) is 2.47. The first-order valence-electron chi connectivity index (χ1n) is 4.55. The summed E-state index contributed by atoms with van der Waals surface area (Å²) in [5, 5.41) is 5.56. The molecule has 0 unspecified atom stereocenters. The van der Waals surface area contributed by atoms with E-state index in [-0.39, 0.29) is 0 Å². The van der Waals surface area contributed by atoms with E-state index in [0.29, 0.717) is 6.61 Å². The molecule has 0 saturated carbocycles. The van der Waals surface area contributed by atoms with Gasteiger partial charge in [-0.05, 0) is 6.07 Å². The van der Waals surface area contributed by atoms with Gasteiger partial charge in [-0.1, -0.05) is 18.2 Å². The lowest BCUT2D eigenvalue weighted by atomic mass is 10.2. The van der Waals surface area contributed by atoms with Crippen LogP contribution >= 0.6 is 0 Å². The number of aromatic nitrogens is 2. The standard InChI is InChI=1S/C10H13N3O/c1-13-10(6-7-14-11)8-4-2-3-5-9(8)12-13/h2-5H,6-7,11H2,1H3. The molecule has 0 spiro atoms. The molecule has 2 rings (SSSR count). The Hall–Kier alpha value is -1.39. The first-order chi connectivity index (χ1) is 6.83. The van der Waals surface area contributed by atoms with Gasteiger partial charge in [0.1, 0.15) is 0 Å². The van der Waals surface area contributed by atoms with E-state index in [1.54, 1.807) is 0 Å². The van der Waals surface area contributed by atoms with Crippen LogP contribution in [-0.4, -0.2) is 16.4 Å². The number of rotatable bonds is 3. The molecule has 0 aliphatic heterocycles. The topological polar surface area (TPSA) is 53.1 Å². The zero-order valence-electron chi connectivity index (χ0n) is 8.10. The zero-order valence-corrected chi connectivity index (χ0v) is 8.10. The molecule has 0 atom stereocenters. The van der Waals surface area contributed by atoms with Crippen LogP contribution in [0.4, 0.5) is 0 Å². The second-order valence-electron chi connectivity index (χ2n) is 3.21. The van der Waals surface area contributed by atoms with Crippen LogP contribution in [0.2, 0.25) is 0 Å². The van der Waals surface area contributed by atoms with Crippen molar-refractivity contribution in [2.24, 2.45) is 12.9 Å². The SMILES string of the molecule is Cn1nc2ccccc2c1CCON. The van der Waals surface area contributed by atoms with E-state index in [2.05, 4.69) is 16.0 Å². The largest absolute Gasteiger partial charge is 0.304 e. The summed E-state index contributed by atoms with van der Waals surface area (Å²) in [5.74, 6) is 5.01. The fraction of sp³-hybridized carbons (Fsp3) is 0.300. The van der Waals surface area contributed by atoms with Crippen molar-refractivity contribution < 1.29 is 4.84 Å². The van der Waals surface area contributed by atoms with Crippen molar-refractivity contribution in [3.05, 3.63) is 30.0 Å². The van der Waals surface area contributed by atoms with Gasteiger partial charge in [-0.3, -0.25) is 4.68 Å². The van der Waals surface area contributed by atoms with Crippen LogP contribution in [0.1, 0.15) is 5.69 Å². The van der Waals surface area contributed by atoms with Crippen LogP contribution in [0.25, 0.3) is 10.9 Å². The van der Waals surface area contributed by atoms with Crippen molar-refractivity contribution in [2.75, 3.05) is 6.61 Å². The summed E-state index contributed by atoms with van der Waals surface area (Å²) in [5.41, 5.74) is 2.17. The Morgan fingerprint density at radius 1 is 1.43 bits per heavy atom. The molecule has 0 aliphatic carbocycles. The second-order valence-corrected chi connectivity index (χ2v) is 3.21. The van der Waals surface area contributed by atoms with Crippen molar-refractivity contribution in [2.45, 2.75) is 6.42 Å². The van der Waals surface area contributed by atoms with Gasteiger partial charge >= 0.3 is 0 Å². The van der Waals surface area contributed by atoms with Crippen LogP contribution in [0.15, 0.2) is 24.3 Å². The Bertz CT molecular complexity index is 436. The molecule has 74 valence electrons. The van der Waals surface area contributed by atoms with E-state index >= 15 is 0 Å². The zero-order chi connectivity index (χ0) is 9.97. The number of nitrogens with two attached hydrogens (primary N) is 1. The van der Waals surface area contributed by atoms with Gasteiger partial charge in [0, 0.05) is 24.5 Å². The minimum atomic E-state index is 0.517. The van der Waals surface area contributed by atoms with Crippen LogP contribution < -0.4 is 5.90 Å². The average Bonchev–Trinajstić information content (AvgIpc) is 2.51. The third kappa shape index (κ3) is 1.49. The van der Waals surface area contributed by atoms with E-state index in [0.717, 1.165) is 17.6 Å². The summed E-state index contributed by atoms with van der Waals surface area (Å²) in [4.78, 5) is 4.58. The Morgan fingerprint density at radius 2 is 2.21 bits per heavy atom. The molecule has 0 saturated heterocycles. The molecule has 0 amide bonds. The Balaban J connectivity index is 2.45. The molecule has 1 aromatic heterocycles. The maximum Gasteiger partial charge on any atom is 0.0926 e. The number of hydrogen-bond donors (Lipinski definition) is 1. The summed E-state index contributed by atoms with van der Waals surface area (Å²) >= 11 is 0. The smallest absolute Gasteiger partial charge is 0.0926 e. The van der Waals surface area contributed by atoms with E-state index in [1.807, 2.05) is 29.9 Å². The molecule has 14 heavy (non-hydrogen) atoms. The average molecular weight is 191 g/mol. The highest BCUT2D eigenvalue weighted by molar-refractivity contribution is 5.81. The number of benzene rings is 1. The monoisotopic (exact) mass is 191 g/mol. The molecule has 4 heteroatoms. The quantitative estimate of drug-likeness (QED) is 0.736.